The van der Waals surface area contributed by atoms with Crippen LogP contribution in [-0.2, 0) is 4.74 Å². The number of hydrogen-bond acceptors (Lipinski definition) is 2. The Morgan fingerprint density at radius 1 is 1.43 bits per heavy atom. The van der Waals surface area contributed by atoms with E-state index in [1.165, 1.54) is 5.56 Å². The molecule has 0 saturated carbocycles. The van der Waals surface area contributed by atoms with E-state index in [0.29, 0.717) is 0 Å². The first kappa shape index (κ1) is 10.1. The smallest absolute Gasteiger partial charge is 0.0840 e. The lowest BCUT2D eigenvalue weighted by Gasteiger charge is -2.27. The van der Waals surface area contributed by atoms with Gasteiger partial charge in [-0.2, -0.15) is 0 Å². The average Bonchev–Trinajstić information content (AvgIpc) is 2.18. The maximum absolute atomic E-state index is 5.91. The molecule has 0 unspecified atom stereocenters. The Labute approximate surface area is 92.6 Å². The van der Waals surface area contributed by atoms with Crippen LogP contribution in [0, 0.1) is 0 Å². The molecule has 2 rings (SSSR count). The second-order valence-corrected chi connectivity index (χ2v) is 4.61. The van der Waals surface area contributed by atoms with E-state index in [9.17, 15) is 0 Å². The van der Waals surface area contributed by atoms with Crippen LogP contribution < -0.4 is 5.73 Å². The van der Waals surface area contributed by atoms with Gasteiger partial charge in [0.15, 0.2) is 0 Å². The molecule has 14 heavy (non-hydrogen) atoms. The number of benzene rings is 1. The number of ether oxygens (including phenoxy) is 1. The second-order valence-electron chi connectivity index (χ2n) is 3.70. The van der Waals surface area contributed by atoms with Crippen molar-refractivity contribution in [2.75, 3.05) is 6.61 Å². The molecule has 1 fully saturated rings. The van der Waals surface area contributed by atoms with Gasteiger partial charge in [0, 0.05) is 17.1 Å². The number of nitrogens with two attached hydrogens (primary N) is 1. The van der Waals surface area contributed by atoms with Crippen molar-refractivity contribution in [1.29, 1.82) is 0 Å². The summed E-state index contributed by atoms with van der Waals surface area (Å²) in [6.07, 6.45) is 2.08. The normalized spacial score (nSPS) is 27.6. The van der Waals surface area contributed by atoms with Crippen LogP contribution in [0.4, 0.5) is 0 Å². The molecule has 1 heterocycles. The van der Waals surface area contributed by atoms with E-state index in [0.717, 1.165) is 23.9 Å². The van der Waals surface area contributed by atoms with Gasteiger partial charge in [-0.1, -0.05) is 28.1 Å². The lowest BCUT2D eigenvalue weighted by molar-refractivity contribution is 0.00664. The van der Waals surface area contributed by atoms with Crippen LogP contribution in [0.3, 0.4) is 0 Å². The molecular formula is C11H14BrNO. The van der Waals surface area contributed by atoms with E-state index in [4.69, 9.17) is 10.5 Å². The molecule has 3 heteroatoms. The molecule has 0 radical (unpaired) electrons. The minimum atomic E-state index is 0.177. The highest BCUT2D eigenvalue weighted by Gasteiger charge is 2.21. The zero-order valence-electron chi connectivity index (χ0n) is 7.95. The van der Waals surface area contributed by atoms with E-state index in [1.54, 1.807) is 0 Å². The van der Waals surface area contributed by atoms with Gasteiger partial charge in [0.05, 0.1) is 6.10 Å². The fraction of sp³-hybridized carbons (Fsp3) is 0.455. The largest absolute Gasteiger partial charge is 0.373 e. The maximum Gasteiger partial charge on any atom is 0.0840 e. The van der Waals surface area contributed by atoms with Gasteiger partial charge in [0.1, 0.15) is 0 Å². The van der Waals surface area contributed by atoms with Gasteiger partial charge in [-0.05, 0) is 30.5 Å². The monoisotopic (exact) mass is 255 g/mol. The lowest BCUT2D eigenvalue weighted by Crippen LogP contribution is -2.30. The Hall–Kier alpha value is -0.380. The van der Waals surface area contributed by atoms with Crippen molar-refractivity contribution in [2.45, 2.75) is 25.0 Å². The van der Waals surface area contributed by atoms with Crippen molar-refractivity contribution in [2.24, 2.45) is 5.73 Å². The van der Waals surface area contributed by atoms with Gasteiger partial charge in [-0.15, -0.1) is 0 Å². The summed E-state index contributed by atoms with van der Waals surface area (Å²) in [6.45, 7) is 0.776. The minimum absolute atomic E-state index is 0.177. The number of halogens is 1. The zero-order chi connectivity index (χ0) is 9.97. The summed E-state index contributed by atoms with van der Waals surface area (Å²) in [4.78, 5) is 0. The van der Waals surface area contributed by atoms with Crippen molar-refractivity contribution in [3.05, 3.63) is 34.3 Å². The van der Waals surface area contributed by atoms with Crippen LogP contribution in [0.1, 0.15) is 24.5 Å². The Kier molecular flexibility index (Phi) is 3.21. The molecule has 0 aliphatic carbocycles. The van der Waals surface area contributed by atoms with Crippen molar-refractivity contribution in [1.82, 2.24) is 0 Å². The summed E-state index contributed by atoms with van der Waals surface area (Å²) in [5.74, 6) is 0. The summed E-state index contributed by atoms with van der Waals surface area (Å²) in [7, 11) is 0. The topological polar surface area (TPSA) is 35.2 Å². The summed E-state index contributed by atoms with van der Waals surface area (Å²) in [5, 5.41) is 0. The van der Waals surface area contributed by atoms with Crippen LogP contribution in [-0.4, -0.2) is 12.6 Å². The van der Waals surface area contributed by atoms with Gasteiger partial charge in [-0.25, -0.2) is 0 Å². The highest BCUT2D eigenvalue weighted by Crippen LogP contribution is 2.28. The lowest BCUT2D eigenvalue weighted by atomic mass is 9.98. The third-order valence-corrected chi connectivity index (χ3v) is 3.04. The van der Waals surface area contributed by atoms with Gasteiger partial charge in [-0.3, -0.25) is 0 Å². The maximum atomic E-state index is 5.91. The predicted octanol–water partition coefficient (Wildman–Crippen LogP) is 2.63. The Morgan fingerprint density at radius 3 is 3.00 bits per heavy atom. The third kappa shape index (κ3) is 2.35. The molecule has 2 atom stereocenters. The van der Waals surface area contributed by atoms with Gasteiger partial charge in [0.2, 0.25) is 0 Å². The van der Waals surface area contributed by atoms with Gasteiger partial charge in [0.25, 0.3) is 0 Å². The van der Waals surface area contributed by atoms with Crippen LogP contribution in [0.25, 0.3) is 0 Å². The first-order valence-electron chi connectivity index (χ1n) is 4.88. The Morgan fingerprint density at radius 2 is 2.29 bits per heavy atom. The highest BCUT2D eigenvalue weighted by atomic mass is 79.9. The zero-order valence-corrected chi connectivity index (χ0v) is 9.53. The fourth-order valence-corrected chi connectivity index (χ4v) is 2.18. The second kappa shape index (κ2) is 4.43. The summed E-state index contributed by atoms with van der Waals surface area (Å²) in [6, 6.07) is 8.53. The number of rotatable bonds is 1. The molecule has 0 spiro atoms. The molecule has 2 N–H and O–H groups in total. The van der Waals surface area contributed by atoms with E-state index in [1.807, 2.05) is 12.1 Å². The molecular weight excluding hydrogens is 242 g/mol. The quantitative estimate of drug-likeness (QED) is 0.838. The molecule has 76 valence electrons. The molecule has 2 nitrogen and oxygen atoms in total. The van der Waals surface area contributed by atoms with E-state index in [2.05, 4.69) is 28.1 Å². The summed E-state index contributed by atoms with van der Waals surface area (Å²) >= 11 is 3.46. The van der Waals surface area contributed by atoms with Crippen LogP contribution in [0.15, 0.2) is 28.7 Å². The average molecular weight is 256 g/mol. The predicted molar refractivity (Wildman–Crippen MR) is 60.0 cm³/mol. The molecule has 0 bridgehead atoms. The summed E-state index contributed by atoms with van der Waals surface area (Å²) in [5.41, 5.74) is 7.13. The highest BCUT2D eigenvalue weighted by molar-refractivity contribution is 9.10. The van der Waals surface area contributed by atoms with Crippen LogP contribution >= 0.6 is 15.9 Å². The van der Waals surface area contributed by atoms with E-state index >= 15 is 0 Å². The minimum Gasteiger partial charge on any atom is -0.373 e. The molecule has 0 aromatic heterocycles. The first-order chi connectivity index (χ1) is 6.75. The fourth-order valence-electron chi connectivity index (χ4n) is 1.76. The van der Waals surface area contributed by atoms with Crippen molar-refractivity contribution >= 4 is 15.9 Å². The van der Waals surface area contributed by atoms with Gasteiger partial charge >= 0.3 is 0 Å². The molecule has 0 amide bonds. The van der Waals surface area contributed by atoms with Gasteiger partial charge < -0.3 is 10.5 Å². The molecule has 1 aliphatic rings. The first-order valence-corrected chi connectivity index (χ1v) is 5.67. The van der Waals surface area contributed by atoms with Crippen LogP contribution in [0.2, 0.25) is 0 Å². The standard InChI is InChI=1S/C11H14BrNO/c12-9-3-1-2-8(6-9)11-7-10(13)4-5-14-11/h1-3,6,10-11H,4-5,7,13H2/t10-,11-/m1/s1. The molecule has 1 aromatic rings. The SMILES string of the molecule is N[C@@H]1CCO[C@@H](c2cccc(Br)c2)C1. The van der Waals surface area contributed by atoms with Crippen LogP contribution in [0.5, 0.6) is 0 Å². The summed E-state index contributed by atoms with van der Waals surface area (Å²) < 4.78 is 6.78. The molecule has 1 saturated heterocycles. The Bertz CT molecular complexity index is 316. The number of hydrogen-bond donors (Lipinski definition) is 1. The van der Waals surface area contributed by atoms with Crippen molar-refractivity contribution < 1.29 is 4.74 Å². The van der Waals surface area contributed by atoms with E-state index in [-0.39, 0.29) is 12.1 Å². The third-order valence-electron chi connectivity index (χ3n) is 2.54. The van der Waals surface area contributed by atoms with Crippen molar-refractivity contribution in [3.63, 3.8) is 0 Å². The van der Waals surface area contributed by atoms with Crippen molar-refractivity contribution in [3.8, 4) is 0 Å². The Balaban J connectivity index is 2.14. The van der Waals surface area contributed by atoms with E-state index < -0.39 is 0 Å². The molecule has 1 aromatic carbocycles. The molecule has 1 aliphatic heterocycles.